The van der Waals surface area contributed by atoms with E-state index in [9.17, 15) is 22.4 Å². The molecule has 1 heterocycles. The highest BCUT2D eigenvalue weighted by atomic mass is 35.5. The van der Waals surface area contributed by atoms with Gasteiger partial charge in [-0.25, -0.2) is 9.38 Å². The van der Waals surface area contributed by atoms with Crippen LogP contribution in [0.25, 0.3) is 0 Å². The van der Waals surface area contributed by atoms with E-state index in [1.807, 2.05) is 0 Å². The quantitative estimate of drug-likeness (QED) is 0.393. The van der Waals surface area contributed by atoms with Gasteiger partial charge < -0.3 is 10.6 Å². The molecule has 0 saturated carbocycles. The van der Waals surface area contributed by atoms with Gasteiger partial charge in [0, 0.05) is 6.20 Å². The highest BCUT2D eigenvalue weighted by Crippen LogP contribution is 2.16. The maximum Gasteiger partial charge on any atom is 0.405 e. The zero-order chi connectivity index (χ0) is 22.9. The number of allylic oxidation sites excluding steroid dienone is 3. The van der Waals surface area contributed by atoms with Crippen LogP contribution in [0.15, 0.2) is 61.8 Å². The van der Waals surface area contributed by atoms with E-state index >= 15 is 0 Å². The Morgan fingerprint density at radius 1 is 1.40 bits per heavy atom. The van der Waals surface area contributed by atoms with Gasteiger partial charge in [-0.1, -0.05) is 18.2 Å². The molecule has 0 aromatic carbocycles. The summed E-state index contributed by atoms with van der Waals surface area (Å²) >= 11 is 5.89. The Balaban J connectivity index is 2.86. The zero-order valence-electron chi connectivity index (χ0n) is 16.3. The third-order valence-electron chi connectivity index (χ3n) is 3.52. The standard InChI is InChI=1S/C18H21ClF4N6O/c1-11-5-13(19)8-28-27-7-12(11)6-25-9-14(20)15(24-4)29-17(2,3)16(30)26-10-18(21,22)23/h5,7-9,27,29H,1,4,6,10H2,2-3H3,(H,26,30)/b12-7-,13-5+,15-14-,25-9-,28-8-. The molecule has 0 aliphatic carbocycles. The Hall–Kier alpha value is -2.95. The van der Waals surface area contributed by atoms with Crippen LogP contribution in [-0.2, 0) is 4.79 Å². The second-order valence-electron chi connectivity index (χ2n) is 6.48. The van der Waals surface area contributed by atoms with Crippen LogP contribution in [0.2, 0.25) is 0 Å². The average molecular weight is 449 g/mol. The molecule has 0 spiro atoms. The molecule has 0 bridgehead atoms. The lowest BCUT2D eigenvalue weighted by atomic mass is 10.0. The normalized spacial score (nSPS) is 20.6. The molecule has 0 aromatic rings. The van der Waals surface area contributed by atoms with Gasteiger partial charge in [0.05, 0.1) is 24.0 Å². The van der Waals surface area contributed by atoms with Gasteiger partial charge in [0.25, 0.3) is 0 Å². The molecule has 1 aliphatic heterocycles. The zero-order valence-corrected chi connectivity index (χ0v) is 17.0. The maximum atomic E-state index is 14.4. The number of amides is 1. The molecule has 1 aliphatic rings. The molecule has 12 heteroatoms. The number of hydrazone groups is 1. The molecule has 1 rings (SSSR count). The molecule has 30 heavy (non-hydrogen) atoms. The van der Waals surface area contributed by atoms with Crippen LogP contribution in [0.4, 0.5) is 17.6 Å². The Kier molecular flexibility index (Phi) is 8.96. The monoisotopic (exact) mass is 448 g/mol. The van der Waals surface area contributed by atoms with E-state index in [0.29, 0.717) is 16.2 Å². The Bertz CT molecular complexity index is 840. The van der Waals surface area contributed by atoms with E-state index in [0.717, 1.165) is 6.21 Å². The minimum Gasteiger partial charge on any atom is -0.354 e. The first-order chi connectivity index (χ1) is 13.9. The molecule has 3 N–H and O–H groups in total. The van der Waals surface area contributed by atoms with E-state index in [1.165, 1.54) is 26.3 Å². The number of carbonyl (C=O) groups excluding carboxylic acids is 1. The Morgan fingerprint density at radius 2 is 2.07 bits per heavy atom. The summed E-state index contributed by atoms with van der Waals surface area (Å²) in [4.78, 5) is 19.3. The van der Waals surface area contributed by atoms with Gasteiger partial charge in [-0.15, -0.1) is 0 Å². The van der Waals surface area contributed by atoms with Crippen LogP contribution < -0.4 is 16.1 Å². The van der Waals surface area contributed by atoms with Crippen molar-refractivity contribution in [3.8, 4) is 0 Å². The molecule has 0 unspecified atom stereocenters. The molecule has 0 saturated heterocycles. The van der Waals surface area contributed by atoms with Crippen molar-refractivity contribution in [3.05, 3.63) is 46.7 Å². The number of halogens is 5. The number of hydrogen-bond donors (Lipinski definition) is 3. The Morgan fingerprint density at radius 3 is 2.67 bits per heavy atom. The van der Waals surface area contributed by atoms with E-state index in [-0.39, 0.29) is 6.54 Å². The fourth-order valence-corrected chi connectivity index (χ4v) is 2.15. The fourth-order valence-electron chi connectivity index (χ4n) is 1.96. The van der Waals surface area contributed by atoms with Crippen molar-refractivity contribution in [3.63, 3.8) is 0 Å². The van der Waals surface area contributed by atoms with E-state index < -0.39 is 35.8 Å². The van der Waals surface area contributed by atoms with Crippen molar-refractivity contribution < 1.29 is 22.4 Å². The van der Waals surface area contributed by atoms with Crippen LogP contribution >= 0.6 is 11.6 Å². The van der Waals surface area contributed by atoms with Crippen molar-refractivity contribution in [2.45, 2.75) is 25.6 Å². The van der Waals surface area contributed by atoms with Crippen molar-refractivity contribution in [2.75, 3.05) is 13.1 Å². The molecule has 1 amide bonds. The molecule has 0 fully saturated rings. The molecular formula is C18H21ClF4N6O. The predicted octanol–water partition coefficient (Wildman–Crippen LogP) is 3.09. The Labute approximate surface area is 176 Å². The van der Waals surface area contributed by atoms with Crippen LogP contribution in [0.1, 0.15) is 13.8 Å². The van der Waals surface area contributed by atoms with Crippen LogP contribution in [0, 0.1) is 0 Å². The van der Waals surface area contributed by atoms with Gasteiger partial charge >= 0.3 is 6.18 Å². The van der Waals surface area contributed by atoms with Crippen molar-refractivity contribution >= 4 is 36.7 Å². The molecular weight excluding hydrogens is 428 g/mol. The number of alkyl halides is 3. The minimum atomic E-state index is -4.58. The predicted molar refractivity (Wildman–Crippen MR) is 110 cm³/mol. The van der Waals surface area contributed by atoms with Crippen molar-refractivity contribution in [1.82, 2.24) is 16.1 Å². The first-order valence-corrected chi connectivity index (χ1v) is 8.77. The number of nitrogens with zero attached hydrogens (tertiary/aromatic N) is 3. The van der Waals surface area contributed by atoms with Gasteiger partial charge in [-0.3, -0.25) is 15.2 Å². The van der Waals surface area contributed by atoms with E-state index in [2.05, 4.69) is 39.1 Å². The van der Waals surface area contributed by atoms with Gasteiger partial charge in [-0.2, -0.15) is 18.3 Å². The molecule has 0 radical (unpaired) electrons. The summed E-state index contributed by atoms with van der Waals surface area (Å²) in [5, 5.41) is 8.27. The van der Waals surface area contributed by atoms with Crippen molar-refractivity contribution in [1.29, 1.82) is 0 Å². The third-order valence-corrected chi connectivity index (χ3v) is 3.73. The van der Waals surface area contributed by atoms with E-state index in [1.54, 1.807) is 11.4 Å². The van der Waals surface area contributed by atoms with Gasteiger partial charge in [0.15, 0.2) is 11.6 Å². The van der Waals surface area contributed by atoms with Gasteiger partial charge in [-0.05, 0) is 37.8 Å². The van der Waals surface area contributed by atoms with Gasteiger partial charge in [0.1, 0.15) is 12.1 Å². The van der Waals surface area contributed by atoms with E-state index in [4.69, 9.17) is 11.6 Å². The summed E-state index contributed by atoms with van der Waals surface area (Å²) < 4.78 is 51.2. The number of carbonyl (C=O) groups is 1. The first kappa shape index (κ1) is 25.1. The summed E-state index contributed by atoms with van der Waals surface area (Å²) in [6.07, 6.45) is 0.707. The van der Waals surface area contributed by atoms with Crippen LogP contribution in [-0.4, -0.2) is 49.9 Å². The SMILES string of the molecule is C=N/C(NC(C)(C)C(=O)NCC(F)(F)F)=C(F)\C=N/C/C1=C/N/N=C\C(Cl)=C/C1=C. The summed E-state index contributed by atoms with van der Waals surface area (Å²) in [6.45, 7) is 8.04. The van der Waals surface area contributed by atoms with Crippen LogP contribution in [0.3, 0.4) is 0 Å². The van der Waals surface area contributed by atoms with Gasteiger partial charge in [0.2, 0.25) is 5.91 Å². The summed E-state index contributed by atoms with van der Waals surface area (Å²) in [6, 6.07) is 0. The van der Waals surface area contributed by atoms with Crippen molar-refractivity contribution in [2.24, 2.45) is 15.1 Å². The number of aliphatic imine (C=N–C) groups is 2. The summed E-state index contributed by atoms with van der Waals surface area (Å²) in [7, 11) is 0. The second-order valence-corrected chi connectivity index (χ2v) is 6.92. The first-order valence-electron chi connectivity index (χ1n) is 8.39. The fraction of sp³-hybridized carbons (Fsp3) is 0.333. The molecule has 0 atom stereocenters. The second kappa shape index (κ2) is 10.7. The lowest BCUT2D eigenvalue weighted by Gasteiger charge is -2.26. The number of hydrogen-bond acceptors (Lipinski definition) is 6. The number of rotatable bonds is 8. The third kappa shape index (κ3) is 8.60. The molecule has 0 aromatic heterocycles. The molecule has 7 nitrogen and oxygen atoms in total. The minimum absolute atomic E-state index is 0.00925. The smallest absolute Gasteiger partial charge is 0.354 e. The average Bonchev–Trinajstić information content (AvgIpc) is 2.63. The lowest BCUT2D eigenvalue weighted by Crippen LogP contribution is -2.53. The summed E-state index contributed by atoms with van der Waals surface area (Å²) in [5.74, 6) is -2.43. The lowest BCUT2D eigenvalue weighted by molar-refractivity contribution is -0.141. The highest BCUT2D eigenvalue weighted by molar-refractivity contribution is 6.39. The molecule has 164 valence electrons. The van der Waals surface area contributed by atoms with Crippen LogP contribution in [0.5, 0.6) is 0 Å². The largest absolute Gasteiger partial charge is 0.405 e. The highest BCUT2D eigenvalue weighted by Gasteiger charge is 2.33. The number of nitrogens with one attached hydrogen (secondary N) is 3. The summed E-state index contributed by atoms with van der Waals surface area (Å²) in [5.41, 5.74) is 2.11. The maximum absolute atomic E-state index is 14.4. The topological polar surface area (TPSA) is 90.2 Å².